The molecule has 1 aliphatic heterocycles. The van der Waals surface area contributed by atoms with Gasteiger partial charge in [-0.3, -0.25) is 14.1 Å². The number of carbonyl (C=O) groups excluding carboxylic acids is 1. The van der Waals surface area contributed by atoms with E-state index in [0.717, 1.165) is 22.0 Å². The molecule has 39 heavy (non-hydrogen) atoms. The Morgan fingerprint density at radius 3 is 2.49 bits per heavy atom. The van der Waals surface area contributed by atoms with Gasteiger partial charge in [-0.2, -0.15) is 0 Å². The minimum atomic E-state index is -3.46. The molecule has 10 heteroatoms. The Morgan fingerprint density at radius 1 is 1.00 bits per heavy atom. The fourth-order valence-electron chi connectivity index (χ4n) is 4.53. The molecule has 0 saturated carbocycles. The molecule has 1 amide bonds. The van der Waals surface area contributed by atoms with Crippen molar-refractivity contribution in [2.45, 2.75) is 0 Å². The molecule has 0 saturated heterocycles. The number of carbonyl (C=O) groups is 1. The summed E-state index contributed by atoms with van der Waals surface area (Å²) in [5, 5.41) is 7.85. The van der Waals surface area contributed by atoms with Crippen LogP contribution in [0.5, 0.6) is 0 Å². The largest absolute Gasteiger partial charge is 0.354 e. The van der Waals surface area contributed by atoms with Crippen molar-refractivity contribution in [3.8, 4) is 0 Å². The van der Waals surface area contributed by atoms with E-state index in [2.05, 4.69) is 15.6 Å². The lowest BCUT2D eigenvalue weighted by Gasteiger charge is -2.24. The lowest BCUT2D eigenvalue weighted by atomic mass is 9.99. The summed E-state index contributed by atoms with van der Waals surface area (Å²) in [6.45, 7) is 0.912. The second kappa shape index (κ2) is 10.7. The molecule has 0 bridgehead atoms. The van der Waals surface area contributed by atoms with Crippen LogP contribution in [0, 0.1) is 0 Å². The first kappa shape index (κ1) is 26.7. The number of anilines is 3. The molecule has 200 valence electrons. The Balaban J connectivity index is 1.58. The topological polar surface area (TPSA) is 94.6 Å². The van der Waals surface area contributed by atoms with Gasteiger partial charge in [0.1, 0.15) is 0 Å². The van der Waals surface area contributed by atoms with Crippen LogP contribution >= 0.6 is 11.6 Å². The third-order valence-electron chi connectivity index (χ3n) is 6.45. The van der Waals surface area contributed by atoms with Gasteiger partial charge in [0.15, 0.2) is 0 Å². The van der Waals surface area contributed by atoms with Gasteiger partial charge in [0, 0.05) is 46.5 Å². The van der Waals surface area contributed by atoms with Gasteiger partial charge < -0.3 is 15.5 Å². The number of hydrogen-bond donors (Lipinski definition) is 2. The van der Waals surface area contributed by atoms with E-state index in [1.54, 1.807) is 42.6 Å². The molecule has 0 radical (unpaired) electrons. The highest BCUT2D eigenvalue weighted by atomic mass is 35.5. The van der Waals surface area contributed by atoms with Gasteiger partial charge in [-0.15, -0.1) is 0 Å². The first-order chi connectivity index (χ1) is 18.6. The van der Waals surface area contributed by atoms with Crippen molar-refractivity contribution in [3.63, 3.8) is 0 Å². The molecule has 1 aromatic heterocycles. The quantitative estimate of drug-likeness (QED) is 0.289. The predicted octanol–water partition coefficient (Wildman–Crippen LogP) is 5.15. The average molecular weight is 562 g/mol. The minimum Gasteiger partial charge on any atom is -0.354 e. The molecule has 2 N–H and O–H groups in total. The van der Waals surface area contributed by atoms with Crippen molar-refractivity contribution in [1.29, 1.82) is 0 Å². The van der Waals surface area contributed by atoms with E-state index < -0.39 is 10.0 Å². The van der Waals surface area contributed by atoms with Crippen LogP contribution in [-0.2, 0) is 14.8 Å². The van der Waals surface area contributed by atoms with Crippen LogP contribution in [-0.4, -0.2) is 57.6 Å². The second-order valence-electron chi connectivity index (χ2n) is 9.62. The molecular formula is C29H28ClN5O3S. The maximum absolute atomic E-state index is 13.2. The van der Waals surface area contributed by atoms with E-state index >= 15 is 0 Å². The van der Waals surface area contributed by atoms with E-state index in [4.69, 9.17) is 11.6 Å². The first-order valence-electron chi connectivity index (χ1n) is 12.3. The molecule has 0 atom stereocenters. The predicted molar refractivity (Wildman–Crippen MR) is 159 cm³/mol. The Labute approximate surface area is 233 Å². The van der Waals surface area contributed by atoms with Crippen LogP contribution in [0.1, 0.15) is 11.1 Å². The highest BCUT2D eigenvalue weighted by Crippen LogP contribution is 2.39. The number of fused-ring (bicyclic) bond motifs is 2. The fourth-order valence-corrected chi connectivity index (χ4v) is 5.62. The summed E-state index contributed by atoms with van der Waals surface area (Å²) in [7, 11) is 0.333. The van der Waals surface area contributed by atoms with Gasteiger partial charge in [0.25, 0.3) is 5.91 Å². The first-order valence-corrected chi connectivity index (χ1v) is 14.5. The molecule has 8 nitrogen and oxygen atoms in total. The normalized spacial score (nSPS) is 14.3. The van der Waals surface area contributed by atoms with Crippen molar-refractivity contribution in [2.75, 3.05) is 48.4 Å². The van der Waals surface area contributed by atoms with Gasteiger partial charge >= 0.3 is 0 Å². The number of nitrogens with zero attached hydrogens (tertiary/aromatic N) is 3. The van der Waals surface area contributed by atoms with Crippen molar-refractivity contribution in [2.24, 2.45) is 0 Å². The lowest BCUT2D eigenvalue weighted by molar-refractivity contribution is -0.110. The summed E-state index contributed by atoms with van der Waals surface area (Å²) < 4.78 is 26.3. The van der Waals surface area contributed by atoms with Crippen molar-refractivity contribution >= 4 is 66.8 Å². The molecule has 1 aliphatic rings. The summed E-state index contributed by atoms with van der Waals surface area (Å²) in [6.07, 6.45) is 2.93. The molecule has 0 unspecified atom stereocenters. The minimum absolute atomic E-state index is 0.251. The Kier molecular flexibility index (Phi) is 7.31. The maximum Gasteiger partial charge on any atom is 0.258 e. The molecule has 2 heterocycles. The number of pyridine rings is 1. The van der Waals surface area contributed by atoms with E-state index in [0.29, 0.717) is 46.4 Å². The Hall–Kier alpha value is -3.92. The summed E-state index contributed by atoms with van der Waals surface area (Å²) in [5.74, 6) is -0.251. The number of sulfonamides is 1. The van der Waals surface area contributed by atoms with Crippen LogP contribution in [0.4, 0.5) is 17.1 Å². The summed E-state index contributed by atoms with van der Waals surface area (Å²) in [4.78, 5) is 19.7. The number of likely N-dealkylation sites (N-methyl/N-ethyl adjacent to an activating group) is 1. The number of rotatable bonds is 8. The van der Waals surface area contributed by atoms with Crippen molar-refractivity contribution in [1.82, 2.24) is 9.88 Å². The van der Waals surface area contributed by atoms with E-state index in [1.165, 1.54) is 10.6 Å². The van der Waals surface area contributed by atoms with Gasteiger partial charge in [-0.25, -0.2) is 8.42 Å². The highest BCUT2D eigenvalue weighted by Gasteiger charge is 2.29. The SMILES string of the molecule is CN(C)CCN(c1ccc(NC(=C2C(=O)Nc3cc(Cl)ccc32)c2ccc3cccnc3c2)cc1)S(C)(=O)=O. The molecule has 0 fully saturated rings. The van der Waals surface area contributed by atoms with Crippen molar-refractivity contribution in [3.05, 3.63) is 95.1 Å². The molecular weight excluding hydrogens is 534 g/mol. The third kappa shape index (κ3) is 5.75. The van der Waals surface area contributed by atoms with Gasteiger partial charge in [0.2, 0.25) is 10.0 Å². The molecule has 5 rings (SSSR count). The monoisotopic (exact) mass is 561 g/mol. The van der Waals surface area contributed by atoms with Crippen molar-refractivity contribution < 1.29 is 13.2 Å². The summed E-state index contributed by atoms with van der Waals surface area (Å²) in [6, 6.07) is 22.1. The maximum atomic E-state index is 13.2. The Bertz CT molecular complexity index is 1700. The standard InChI is InChI=1S/C29H28ClN5O3S/c1-34(2)15-16-35(39(3,37)38)23-11-9-22(10-12-23)32-28(20-7-6-19-5-4-14-31-25(19)17-20)27-24-13-8-21(30)18-26(24)33-29(27)36/h4-14,17-18,32H,15-16H2,1-3H3,(H,33,36). The molecule has 0 spiro atoms. The average Bonchev–Trinajstić information content (AvgIpc) is 3.21. The molecule has 4 aromatic rings. The van der Waals surface area contributed by atoms with Crippen LogP contribution < -0.4 is 14.9 Å². The number of amides is 1. The second-order valence-corrected chi connectivity index (χ2v) is 12.0. The van der Waals surface area contributed by atoms with Crippen LogP contribution in [0.15, 0.2) is 79.0 Å². The number of hydrogen-bond acceptors (Lipinski definition) is 6. The fraction of sp³-hybridized carbons (Fsp3) is 0.172. The molecule has 0 aliphatic carbocycles. The number of nitrogens with one attached hydrogen (secondary N) is 2. The molecule has 3 aromatic carbocycles. The zero-order valence-electron chi connectivity index (χ0n) is 21.8. The van der Waals surface area contributed by atoms with Crippen LogP contribution in [0.3, 0.4) is 0 Å². The zero-order valence-corrected chi connectivity index (χ0v) is 23.3. The van der Waals surface area contributed by atoms with Crippen LogP contribution in [0.2, 0.25) is 5.02 Å². The van der Waals surface area contributed by atoms with Gasteiger partial charge in [-0.05, 0) is 62.6 Å². The summed E-state index contributed by atoms with van der Waals surface area (Å²) >= 11 is 6.18. The third-order valence-corrected chi connectivity index (χ3v) is 7.88. The van der Waals surface area contributed by atoms with Crippen LogP contribution in [0.25, 0.3) is 22.2 Å². The summed E-state index contributed by atoms with van der Waals surface area (Å²) in [5.41, 5.74) is 5.28. The van der Waals surface area contributed by atoms with Gasteiger partial charge in [-0.1, -0.05) is 35.9 Å². The van der Waals surface area contributed by atoms with Gasteiger partial charge in [0.05, 0.1) is 34.4 Å². The smallest absolute Gasteiger partial charge is 0.258 e. The van der Waals surface area contributed by atoms with E-state index in [1.807, 2.05) is 55.4 Å². The van der Waals surface area contributed by atoms with E-state index in [9.17, 15) is 13.2 Å². The number of halogens is 1. The zero-order chi connectivity index (χ0) is 27.7. The lowest BCUT2D eigenvalue weighted by Crippen LogP contribution is -2.35. The van der Waals surface area contributed by atoms with E-state index in [-0.39, 0.29) is 5.91 Å². The number of benzene rings is 3. The highest BCUT2D eigenvalue weighted by molar-refractivity contribution is 7.92. The number of aromatic nitrogens is 1. The Morgan fingerprint density at radius 2 is 1.77 bits per heavy atom.